The first-order valence-electron chi connectivity index (χ1n) is 11.5. The van der Waals surface area contributed by atoms with Gasteiger partial charge in [0.2, 0.25) is 5.91 Å². The quantitative estimate of drug-likeness (QED) is 0.684. The number of hydrogen-bond donors (Lipinski definition) is 1. The Morgan fingerprint density at radius 2 is 1.88 bits per heavy atom. The number of aryl methyl sites for hydroxylation is 1. The zero-order valence-electron chi connectivity index (χ0n) is 19.8. The van der Waals surface area contributed by atoms with Gasteiger partial charge in [-0.05, 0) is 35.6 Å². The highest BCUT2D eigenvalue weighted by Gasteiger charge is 2.47. The van der Waals surface area contributed by atoms with Crippen LogP contribution in [0, 0.1) is 12.3 Å². The van der Waals surface area contributed by atoms with Crippen molar-refractivity contribution in [3.8, 4) is 17.2 Å². The summed E-state index contributed by atoms with van der Waals surface area (Å²) in [5.41, 5.74) is 3.29. The summed E-state index contributed by atoms with van der Waals surface area (Å²) >= 11 is 1.37. The van der Waals surface area contributed by atoms with Crippen molar-refractivity contribution in [1.82, 2.24) is 0 Å². The van der Waals surface area contributed by atoms with Crippen molar-refractivity contribution in [1.29, 1.82) is 0 Å². The molecule has 0 saturated heterocycles. The second-order valence-electron chi connectivity index (χ2n) is 10.1. The van der Waals surface area contributed by atoms with Gasteiger partial charge in [-0.15, -0.1) is 11.8 Å². The Morgan fingerprint density at radius 3 is 2.62 bits per heavy atom. The Labute approximate surface area is 203 Å². The van der Waals surface area contributed by atoms with Crippen LogP contribution in [0.25, 0.3) is 0 Å². The first-order chi connectivity index (χ1) is 16.1. The number of fused-ring (bicyclic) bond motifs is 1. The minimum Gasteiger partial charge on any atom is -0.489 e. The molecule has 0 unspecified atom stereocenters. The van der Waals surface area contributed by atoms with Crippen LogP contribution in [0.1, 0.15) is 49.1 Å². The maximum Gasteiger partial charge on any atom is 0.305 e. The van der Waals surface area contributed by atoms with Crippen LogP contribution in [0.2, 0.25) is 0 Å². The van der Waals surface area contributed by atoms with Gasteiger partial charge in [0, 0.05) is 5.56 Å². The van der Waals surface area contributed by atoms with Gasteiger partial charge in [-0.25, -0.2) is 0 Å². The van der Waals surface area contributed by atoms with Gasteiger partial charge in [0.05, 0.1) is 28.6 Å². The lowest BCUT2D eigenvalue weighted by Gasteiger charge is -2.44. The van der Waals surface area contributed by atoms with E-state index in [1.54, 1.807) is 0 Å². The number of para-hydroxylation sites is 1. The fourth-order valence-electron chi connectivity index (χ4n) is 4.93. The van der Waals surface area contributed by atoms with Crippen molar-refractivity contribution in [2.24, 2.45) is 5.41 Å². The topological polar surface area (TPSA) is 85.3 Å². The maximum atomic E-state index is 14.0. The van der Waals surface area contributed by atoms with Crippen LogP contribution in [0.5, 0.6) is 17.2 Å². The Morgan fingerprint density at radius 1 is 1.12 bits per heavy atom. The van der Waals surface area contributed by atoms with Crippen molar-refractivity contribution in [2.75, 3.05) is 24.7 Å². The molecule has 1 amide bonds. The number of hydrogen-bond acceptors (Lipinski definition) is 6. The average Bonchev–Trinajstić information content (AvgIpc) is 2.89. The van der Waals surface area contributed by atoms with E-state index in [1.165, 1.54) is 11.8 Å². The standard InChI is InChI=1S/C26H29NO6S/c1-14-10-16-22-18(11-14)33-13-20(26(2,3)4)27(22)25(30)19(12-21(28)29)34-24(16)15-6-5-7-17-23(15)32-9-8-31-17/h5-7,10-11,19-20,24H,8-9,12-13H2,1-4H3,(H,28,29)/t19-,20+,24+/m0/s1. The van der Waals surface area contributed by atoms with Gasteiger partial charge in [0.1, 0.15) is 25.6 Å². The molecule has 0 bridgehead atoms. The lowest BCUT2D eigenvalue weighted by Crippen LogP contribution is -2.55. The summed E-state index contributed by atoms with van der Waals surface area (Å²) in [4.78, 5) is 27.6. The van der Waals surface area contributed by atoms with Crippen molar-refractivity contribution in [2.45, 2.75) is 50.7 Å². The molecule has 3 aliphatic heterocycles. The summed E-state index contributed by atoms with van der Waals surface area (Å²) < 4.78 is 18.1. The van der Waals surface area contributed by atoms with E-state index in [4.69, 9.17) is 14.2 Å². The second-order valence-corrected chi connectivity index (χ2v) is 11.4. The number of thioether (sulfide) groups is 1. The zero-order chi connectivity index (χ0) is 24.2. The average molecular weight is 484 g/mol. The highest BCUT2D eigenvalue weighted by molar-refractivity contribution is 8.01. The molecular weight excluding hydrogens is 454 g/mol. The van der Waals surface area contributed by atoms with Crippen LogP contribution in [0.4, 0.5) is 5.69 Å². The monoisotopic (exact) mass is 483 g/mol. The predicted octanol–water partition coefficient (Wildman–Crippen LogP) is 4.59. The summed E-state index contributed by atoms with van der Waals surface area (Å²) in [5.74, 6) is 0.790. The van der Waals surface area contributed by atoms with E-state index in [2.05, 4.69) is 26.8 Å². The molecule has 0 saturated carbocycles. The van der Waals surface area contributed by atoms with Crippen LogP contribution in [-0.4, -0.2) is 48.1 Å². The second kappa shape index (κ2) is 8.41. The van der Waals surface area contributed by atoms with Gasteiger partial charge >= 0.3 is 5.97 Å². The molecule has 0 radical (unpaired) electrons. The largest absolute Gasteiger partial charge is 0.489 e. The molecule has 180 valence electrons. The number of amides is 1. The van der Waals surface area contributed by atoms with Gasteiger partial charge in [0.25, 0.3) is 0 Å². The molecule has 3 aliphatic rings. The number of benzene rings is 2. The molecule has 2 aromatic carbocycles. The lowest BCUT2D eigenvalue weighted by molar-refractivity contribution is -0.138. The van der Waals surface area contributed by atoms with Gasteiger partial charge in [-0.1, -0.05) is 39.0 Å². The lowest BCUT2D eigenvalue weighted by atomic mass is 9.84. The summed E-state index contributed by atoms with van der Waals surface area (Å²) in [6.07, 6.45) is -0.261. The molecule has 7 nitrogen and oxygen atoms in total. The first kappa shape index (κ1) is 22.9. The van der Waals surface area contributed by atoms with E-state index in [9.17, 15) is 14.7 Å². The van der Waals surface area contributed by atoms with E-state index < -0.39 is 11.2 Å². The number of ether oxygens (including phenoxy) is 3. The molecule has 0 spiro atoms. The third-order valence-corrected chi connectivity index (χ3v) is 8.01. The van der Waals surface area contributed by atoms with Crippen LogP contribution in [0.15, 0.2) is 30.3 Å². The van der Waals surface area contributed by atoms with E-state index >= 15 is 0 Å². The van der Waals surface area contributed by atoms with Gasteiger partial charge in [-0.2, -0.15) is 0 Å². The molecule has 0 fully saturated rings. The smallest absolute Gasteiger partial charge is 0.305 e. The number of carboxylic acids is 1. The Kier molecular flexibility index (Phi) is 5.67. The molecule has 0 aliphatic carbocycles. The molecule has 1 N–H and O–H groups in total. The SMILES string of the molecule is Cc1cc2c3c(c1)[C@@H](c1cccc4c1OCCO4)S[C@@H](CC(=O)O)C(=O)N3[C@@H](C(C)(C)C)CO2. The number of nitrogens with zero attached hydrogens (tertiary/aromatic N) is 1. The number of anilines is 1. The van der Waals surface area contributed by atoms with Gasteiger partial charge in [-0.3, -0.25) is 9.59 Å². The summed E-state index contributed by atoms with van der Waals surface area (Å²) in [6, 6.07) is 9.57. The van der Waals surface area contributed by atoms with E-state index in [1.807, 2.05) is 36.1 Å². The van der Waals surface area contributed by atoms with E-state index in [-0.39, 0.29) is 29.0 Å². The minimum atomic E-state index is -0.998. The number of carboxylic acid groups (broad SMARTS) is 1. The zero-order valence-corrected chi connectivity index (χ0v) is 20.6. The summed E-state index contributed by atoms with van der Waals surface area (Å²) in [7, 11) is 0. The third-order valence-electron chi connectivity index (χ3n) is 6.53. The Bertz CT molecular complexity index is 1160. The minimum absolute atomic E-state index is 0.188. The Hall–Kier alpha value is -2.87. The van der Waals surface area contributed by atoms with Crippen LogP contribution in [-0.2, 0) is 9.59 Å². The van der Waals surface area contributed by atoms with Gasteiger partial charge < -0.3 is 24.2 Å². The van der Waals surface area contributed by atoms with E-state index in [0.29, 0.717) is 37.1 Å². The van der Waals surface area contributed by atoms with Crippen LogP contribution in [0.3, 0.4) is 0 Å². The molecule has 2 aromatic rings. The van der Waals surface area contributed by atoms with E-state index in [0.717, 1.165) is 22.4 Å². The van der Waals surface area contributed by atoms with Crippen molar-refractivity contribution in [3.05, 3.63) is 47.0 Å². The first-order valence-corrected chi connectivity index (χ1v) is 12.5. The highest BCUT2D eigenvalue weighted by atomic mass is 32.2. The third kappa shape index (κ3) is 3.87. The predicted molar refractivity (Wildman–Crippen MR) is 130 cm³/mol. The Balaban J connectivity index is 1.76. The normalized spacial score (nSPS) is 23.6. The number of aliphatic carboxylic acids is 1. The summed E-state index contributed by atoms with van der Waals surface area (Å²) in [6.45, 7) is 9.51. The fraction of sp³-hybridized carbons (Fsp3) is 0.462. The number of carbonyl (C=O) groups is 2. The number of rotatable bonds is 3. The van der Waals surface area contributed by atoms with Crippen molar-refractivity contribution < 1.29 is 28.9 Å². The van der Waals surface area contributed by atoms with Crippen LogP contribution >= 0.6 is 11.8 Å². The number of carbonyl (C=O) groups excluding carboxylic acids is 1. The summed E-state index contributed by atoms with van der Waals surface area (Å²) in [5, 5.41) is 8.60. The van der Waals surface area contributed by atoms with Crippen LogP contribution < -0.4 is 19.1 Å². The van der Waals surface area contributed by atoms with Crippen molar-refractivity contribution >= 4 is 29.3 Å². The highest BCUT2D eigenvalue weighted by Crippen LogP contribution is 2.55. The van der Waals surface area contributed by atoms with Crippen molar-refractivity contribution in [3.63, 3.8) is 0 Å². The molecule has 8 heteroatoms. The molecule has 3 atom stereocenters. The molecule has 0 aromatic heterocycles. The maximum absolute atomic E-state index is 14.0. The molecule has 3 heterocycles. The molecule has 5 rings (SSSR count). The molecule has 34 heavy (non-hydrogen) atoms. The fourth-order valence-corrected chi connectivity index (χ4v) is 6.38. The van der Waals surface area contributed by atoms with Gasteiger partial charge in [0.15, 0.2) is 11.5 Å². The molecular formula is C26H29NO6S.